The first-order chi connectivity index (χ1) is 22.4. The third-order valence-electron chi connectivity index (χ3n) is 7.86. The minimum atomic E-state index is -5.08. The lowest BCUT2D eigenvalue weighted by Gasteiger charge is -2.30. The zero-order chi connectivity index (χ0) is 36.0. The molecule has 15 heteroatoms. The van der Waals surface area contributed by atoms with Crippen LogP contribution in [0.1, 0.15) is 79.9 Å². The highest BCUT2D eigenvalue weighted by atomic mass is 19.4. The first-order valence-electron chi connectivity index (χ1n) is 15.3. The highest BCUT2D eigenvalue weighted by molar-refractivity contribution is 6.06. The van der Waals surface area contributed by atoms with Gasteiger partial charge >= 0.3 is 18.1 Å². The highest BCUT2D eigenvalue weighted by Gasteiger charge is 2.38. The summed E-state index contributed by atoms with van der Waals surface area (Å²) in [5, 5.41) is 24.7. The molecule has 0 aromatic heterocycles. The number of fused-ring (bicyclic) bond motifs is 1. The number of amidine groups is 1. The van der Waals surface area contributed by atoms with Crippen LogP contribution >= 0.6 is 0 Å². The molecule has 0 saturated carbocycles. The maximum Gasteiger partial charge on any atom is 0.490 e. The van der Waals surface area contributed by atoms with Crippen LogP contribution in [-0.2, 0) is 21.5 Å². The molecule has 0 atom stereocenters. The molecule has 11 nitrogen and oxygen atoms in total. The van der Waals surface area contributed by atoms with Gasteiger partial charge in [0.15, 0.2) is 23.1 Å². The first-order valence-corrected chi connectivity index (χ1v) is 15.3. The number of carboxylic acid groups (broad SMARTS) is 2. The number of carboxylic acids is 2. The maximum atomic E-state index is 15.2. The largest absolute Gasteiger partial charge is 0.493 e. The summed E-state index contributed by atoms with van der Waals surface area (Å²) in [6.07, 6.45) is -1.76. The lowest BCUT2D eigenvalue weighted by molar-refractivity contribution is -0.192. The first kappa shape index (κ1) is 37.9. The van der Waals surface area contributed by atoms with Gasteiger partial charge in [-0.2, -0.15) is 13.2 Å². The molecule has 264 valence electrons. The number of Topliss-reactive ketones (excluding diaryl/α,β-unsaturated/α-hetero) is 1. The average molecular weight is 684 g/mol. The van der Waals surface area contributed by atoms with Crippen molar-refractivity contribution in [3.8, 4) is 17.2 Å². The highest BCUT2D eigenvalue weighted by Crippen LogP contribution is 2.42. The van der Waals surface area contributed by atoms with Gasteiger partial charge in [-0.15, -0.1) is 0 Å². The molecule has 0 unspecified atom stereocenters. The minimum Gasteiger partial charge on any atom is -0.493 e. The minimum absolute atomic E-state index is 0.0622. The van der Waals surface area contributed by atoms with Crippen molar-refractivity contribution in [3.63, 3.8) is 0 Å². The van der Waals surface area contributed by atoms with Crippen LogP contribution in [0.4, 0.5) is 23.2 Å². The van der Waals surface area contributed by atoms with Crippen molar-refractivity contribution in [2.24, 2.45) is 0 Å². The molecule has 48 heavy (non-hydrogen) atoms. The Kier molecular flexibility index (Phi) is 12.3. The van der Waals surface area contributed by atoms with E-state index in [1.54, 1.807) is 11.0 Å². The van der Waals surface area contributed by atoms with E-state index in [9.17, 15) is 22.8 Å². The normalized spacial score (nSPS) is 14.3. The Balaban J connectivity index is 0.000000804. The van der Waals surface area contributed by atoms with Crippen molar-refractivity contribution >= 4 is 29.2 Å². The molecular weight excluding hydrogens is 642 g/mol. The van der Waals surface area contributed by atoms with E-state index in [2.05, 4.69) is 25.7 Å². The summed E-state index contributed by atoms with van der Waals surface area (Å²) in [5.41, 5.74) is 2.61. The van der Waals surface area contributed by atoms with E-state index >= 15 is 4.39 Å². The van der Waals surface area contributed by atoms with Crippen LogP contribution < -0.4 is 19.1 Å². The second-order valence-electron chi connectivity index (χ2n) is 12.4. The average Bonchev–Trinajstić information content (AvgIpc) is 3.64. The number of unbranched alkanes of at least 4 members (excludes halogenated alkanes) is 1. The molecule has 2 heterocycles. The SMILES string of the molecule is COc1cc2c(c(F)c1OC)C(=N)N(CC(=O)c1cc(N3CCCC3)c(OCCCCC(=O)O)c(C(C)(C)C)c1)C2.O=C(O)C(F)(F)F. The van der Waals surface area contributed by atoms with Crippen LogP contribution in [0, 0.1) is 11.2 Å². The molecule has 0 aliphatic carbocycles. The van der Waals surface area contributed by atoms with Crippen LogP contribution in [0.25, 0.3) is 0 Å². The van der Waals surface area contributed by atoms with Gasteiger partial charge in [-0.1, -0.05) is 20.8 Å². The smallest absolute Gasteiger partial charge is 0.490 e. The van der Waals surface area contributed by atoms with Gasteiger partial charge in [0.25, 0.3) is 0 Å². The number of ether oxygens (including phenoxy) is 3. The van der Waals surface area contributed by atoms with Crippen molar-refractivity contribution in [2.75, 3.05) is 45.4 Å². The molecule has 4 rings (SSSR count). The molecule has 2 aliphatic rings. The van der Waals surface area contributed by atoms with E-state index in [-0.39, 0.29) is 53.6 Å². The number of carbonyl (C=O) groups is 3. The second-order valence-corrected chi connectivity index (χ2v) is 12.4. The number of hydrogen-bond donors (Lipinski definition) is 3. The number of carbonyl (C=O) groups excluding carboxylic acids is 1. The Labute approximate surface area is 275 Å². The van der Waals surface area contributed by atoms with Crippen LogP contribution in [-0.4, -0.2) is 85.3 Å². The van der Waals surface area contributed by atoms with Crippen molar-refractivity contribution in [1.82, 2.24) is 4.90 Å². The predicted octanol–water partition coefficient (Wildman–Crippen LogP) is 6.03. The Hall–Kier alpha value is -4.56. The number of benzene rings is 2. The van der Waals surface area contributed by atoms with Gasteiger partial charge in [-0.3, -0.25) is 15.0 Å². The summed E-state index contributed by atoms with van der Waals surface area (Å²) in [5.74, 6) is -3.58. The third kappa shape index (κ3) is 9.07. The number of rotatable bonds is 12. The molecule has 1 fully saturated rings. The van der Waals surface area contributed by atoms with E-state index in [4.69, 9.17) is 34.6 Å². The predicted molar refractivity (Wildman–Crippen MR) is 168 cm³/mol. The van der Waals surface area contributed by atoms with Crippen molar-refractivity contribution in [3.05, 3.63) is 46.3 Å². The number of ketones is 1. The van der Waals surface area contributed by atoms with Gasteiger partial charge in [-0.25, -0.2) is 9.18 Å². The number of methoxy groups -OCH3 is 2. The summed E-state index contributed by atoms with van der Waals surface area (Å²) in [6.45, 7) is 8.41. The summed E-state index contributed by atoms with van der Waals surface area (Å²) >= 11 is 0. The van der Waals surface area contributed by atoms with Gasteiger partial charge in [-0.05, 0) is 54.9 Å². The standard InChI is InChI=1S/C31H40FN3O6.C2HF3O2/c1-31(2,3)21-14-19(15-22(34-11-7-8-12-34)28(21)41-13-9-6-10-25(37)38)23(36)18-35-17-20-16-24(39-4)29(40-5)27(32)26(20)30(35)33;3-2(4,5)1(6)7/h14-16,33H,6-13,17-18H2,1-5H3,(H,37,38);(H,6,7). The topological polar surface area (TPSA) is 150 Å². The summed E-state index contributed by atoms with van der Waals surface area (Å²) in [6, 6.07) is 5.39. The quantitative estimate of drug-likeness (QED) is 0.138. The molecule has 0 spiro atoms. The Morgan fingerprint density at radius 2 is 1.58 bits per heavy atom. The van der Waals surface area contributed by atoms with Gasteiger partial charge in [0.1, 0.15) is 11.6 Å². The maximum absolute atomic E-state index is 15.2. The van der Waals surface area contributed by atoms with Crippen molar-refractivity contribution < 1.29 is 56.4 Å². The van der Waals surface area contributed by atoms with Crippen LogP contribution in [0.5, 0.6) is 17.2 Å². The molecule has 0 amide bonds. The van der Waals surface area contributed by atoms with Gasteiger partial charge in [0, 0.05) is 37.2 Å². The molecule has 2 aromatic carbocycles. The number of hydrogen-bond acceptors (Lipinski definition) is 8. The van der Waals surface area contributed by atoms with Crippen LogP contribution in [0.15, 0.2) is 18.2 Å². The fourth-order valence-corrected chi connectivity index (χ4v) is 5.45. The third-order valence-corrected chi connectivity index (χ3v) is 7.86. The second kappa shape index (κ2) is 15.6. The molecule has 2 aromatic rings. The summed E-state index contributed by atoms with van der Waals surface area (Å²) in [7, 11) is 2.78. The number of aliphatic carboxylic acids is 2. The molecule has 0 radical (unpaired) electrons. The van der Waals surface area contributed by atoms with Crippen molar-refractivity contribution in [2.45, 2.75) is 71.0 Å². The zero-order valence-corrected chi connectivity index (χ0v) is 27.6. The van der Waals surface area contributed by atoms with Crippen LogP contribution in [0.3, 0.4) is 0 Å². The van der Waals surface area contributed by atoms with Gasteiger partial charge in [0.05, 0.1) is 38.6 Å². The fraction of sp³-hybridized carbons (Fsp3) is 0.515. The monoisotopic (exact) mass is 683 g/mol. The van der Waals surface area contributed by atoms with Gasteiger partial charge < -0.3 is 34.2 Å². The Morgan fingerprint density at radius 3 is 2.10 bits per heavy atom. The van der Waals surface area contributed by atoms with Gasteiger partial charge in [0.2, 0.25) is 0 Å². The number of anilines is 1. The zero-order valence-electron chi connectivity index (χ0n) is 27.6. The summed E-state index contributed by atoms with van der Waals surface area (Å²) in [4.78, 5) is 37.4. The van der Waals surface area contributed by atoms with E-state index < -0.39 is 23.9 Å². The number of alkyl halides is 3. The van der Waals surface area contributed by atoms with Crippen LogP contribution in [0.2, 0.25) is 0 Å². The number of nitrogens with one attached hydrogen (secondary N) is 1. The van der Waals surface area contributed by atoms with E-state index in [1.807, 2.05) is 12.1 Å². The molecular formula is C33H41F4N3O8. The van der Waals surface area contributed by atoms with Crippen molar-refractivity contribution in [1.29, 1.82) is 5.41 Å². The van der Waals surface area contributed by atoms with E-state index in [1.165, 1.54) is 14.2 Å². The molecule has 3 N–H and O–H groups in total. The lowest BCUT2D eigenvalue weighted by atomic mass is 9.84. The lowest BCUT2D eigenvalue weighted by Crippen LogP contribution is -2.31. The molecule has 1 saturated heterocycles. The van der Waals surface area contributed by atoms with E-state index in [0.717, 1.165) is 42.9 Å². The van der Waals surface area contributed by atoms with E-state index in [0.29, 0.717) is 30.6 Å². The molecule has 2 aliphatic heterocycles. The number of halogens is 4. The Bertz CT molecular complexity index is 1530. The summed E-state index contributed by atoms with van der Waals surface area (Å²) < 4.78 is 63.7. The molecule has 0 bridgehead atoms. The number of nitrogens with zero attached hydrogens (tertiary/aromatic N) is 2. The Morgan fingerprint density at radius 1 is 0.958 bits per heavy atom. The fourth-order valence-electron chi connectivity index (χ4n) is 5.45.